The number of pyridine rings is 1. The molecule has 2 fully saturated rings. The number of imidazole rings is 1. The Morgan fingerprint density at radius 3 is 2.69 bits per heavy atom. The van der Waals surface area contributed by atoms with Crippen LogP contribution in [-0.2, 0) is 11.2 Å². The fraction of sp³-hybridized carbons (Fsp3) is 0.350. The zero-order valence-corrected chi connectivity index (χ0v) is 16.2. The van der Waals surface area contributed by atoms with Gasteiger partial charge in [-0.1, -0.05) is 0 Å². The van der Waals surface area contributed by atoms with Crippen molar-refractivity contribution in [3.8, 4) is 0 Å². The number of allylic oxidation sites excluding steroid dienone is 2. The number of anilines is 1. The Labute approximate surface area is 167 Å². The van der Waals surface area contributed by atoms with Gasteiger partial charge in [0.15, 0.2) is 11.5 Å². The number of rotatable bonds is 6. The van der Waals surface area contributed by atoms with Crippen LogP contribution in [0.1, 0.15) is 36.4 Å². The summed E-state index contributed by atoms with van der Waals surface area (Å²) in [5.74, 6) is -0.0446. The van der Waals surface area contributed by atoms with E-state index in [1.54, 1.807) is 0 Å². The second-order valence-corrected chi connectivity index (χ2v) is 7.53. The van der Waals surface area contributed by atoms with Crippen LogP contribution in [0.15, 0.2) is 42.2 Å². The molecule has 2 aliphatic rings. The second kappa shape index (κ2) is 7.16. The average Bonchev–Trinajstić information content (AvgIpc) is 3.41. The van der Waals surface area contributed by atoms with E-state index in [9.17, 15) is 14.7 Å². The number of likely N-dealkylation sites (N-methyl/N-ethyl adjacent to an activating group) is 1. The Morgan fingerprint density at radius 1 is 1.34 bits per heavy atom. The number of carbonyl (C=O) groups is 2. The summed E-state index contributed by atoms with van der Waals surface area (Å²) in [5, 5.41) is 9.23. The Kier molecular flexibility index (Phi) is 4.65. The van der Waals surface area contributed by atoms with Crippen LogP contribution in [0.25, 0.3) is 5.65 Å². The van der Waals surface area contributed by atoms with Gasteiger partial charge in [-0.2, -0.15) is 0 Å². The molecule has 3 amide bonds. The van der Waals surface area contributed by atoms with E-state index in [1.165, 1.54) is 24.2 Å². The van der Waals surface area contributed by atoms with Gasteiger partial charge < -0.3 is 21.0 Å². The number of hydrogen-bond acceptors (Lipinski definition) is 6. The molecular formula is C20H24N6O3. The fourth-order valence-corrected chi connectivity index (χ4v) is 3.56. The van der Waals surface area contributed by atoms with Gasteiger partial charge in [0, 0.05) is 25.5 Å². The Bertz CT molecular complexity index is 1050. The van der Waals surface area contributed by atoms with Gasteiger partial charge in [-0.15, -0.1) is 0 Å². The number of nitrogens with two attached hydrogens (primary N) is 2. The van der Waals surface area contributed by atoms with Crippen molar-refractivity contribution in [2.45, 2.75) is 31.6 Å². The van der Waals surface area contributed by atoms with Crippen LogP contribution in [-0.4, -0.2) is 44.9 Å². The zero-order valence-electron chi connectivity index (χ0n) is 16.2. The predicted octanol–water partition coefficient (Wildman–Crippen LogP) is 1.74. The Morgan fingerprint density at radius 2 is 2.10 bits per heavy atom. The van der Waals surface area contributed by atoms with Crippen LogP contribution in [0.4, 0.5) is 10.5 Å². The molecule has 0 radical (unpaired) electrons. The highest BCUT2D eigenvalue weighted by Crippen LogP contribution is 2.42. The molecule has 9 heteroatoms. The number of amides is 3. The lowest BCUT2D eigenvalue weighted by atomic mass is 10.1. The molecular weight excluding hydrogens is 372 g/mol. The quantitative estimate of drug-likeness (QED) is 0.387. The first kappa shape index (κ1) is 18.9. The highest BCUT2D eigenvalue weighted by molar-refractivity contribution is 6.13. The number of aliphatic hydroxyl groups excluding tert-OH is 1. The van der Waals surface area contributed by atoms with E-state index in [0.717, 1.165) is 29.0 Å². The first-order chi connectivity index (χ1) is 13.9. The first-order valence-electron chi connectivity index (χ1n) is 9.54. The van der Waals surface area contributed by atoms with Gasteiger partial charge in [0.2, 0.25) is 5.91 Å². The summed E-state index contributed by atoms with van der Waals surface area (Å²) in [7, 11) is 1.49. The van der Waals surface area contributed by atoms with Crippen molar-refractivity contribution < 1.29 is 14.7 Å². The Balaban J connectivity index is 1.69. The van der Waals surface area contributed by atoms with Gasteiger partial charge in [0.05, 0.1) is 11.4 Å². The minimum Gasteiger partial charge on any atom is -0.495 e. The number of nitrogens with zero attached hydrogens (tertiary/aromatic N) is 4. The highest BCUT2D eigenvalue weighted by atomic mass is 16.3. The van der Waals surface area contributed by atoms with Crippen LogP contribution in [0, 0.1) is 0 Å². The summed E-state index contributed by atoms with van der Waals surface area (Å²) < 4.78 is 1.93. The smallest absolute Gasteiger partial charge is 0.331 e. The lowest BCUT2D eigenvalue weighted by Gasteiger charge is -2.17. The van der Waals surface area contributed by atoms with E-state index in [-0.39, 0.29) is 24.4 Å². The first-order valence-corrected chi connectivity index (χ1v) is 9.54. The number of hydrogen-bond donors (Lipinski definition) is 3. The van der Waals surface area contributed by atoms with E-state index in [4.69, 9.17) is 16.5 Å². The standard InChI is InChI=1S/C20H24N6O3/c1-24-18(28)11-26(20(24)29)16-7-14(13-3-4-13)9-25-10-15(23-19(16)25)5-2-12(8-21)6-17(22)27/h6-10,13,27H,2-5,11,21-22H2,1H3/b12-8-,17-6+. The van der Waals surface area contributed by atoms with Crippen molar-refractivity contribution in [2.24, 2.45) is 11.5 Å². The average molecular weight is 396 g/mol. The second-order valence-electron chi connectivity index (χ2n) is 7.53. The molecule has 1 saturated heterocycles. The van der Waals surface area contributed by atoms with Crippen LogP contribution in [0.5, 0.6) is 0 Å². The summed E-state index contributed by atoms with van der Waals surface area (Å²) in [6, 6.07) is 1.64. The third-order valence-electron chi connectivity index (χ3n) is 5.34. The summed E-state index contributed by atoms with van der Waals surface area (Å²) in [6.07, 6.45) is 10.2. The number of aromatic nitrogens is 2. The number of imide groups is 1. The summed E-state index contributed by atoms with van der Waals surface area (Å²) >= 11 is 0. The van der Waals surface area contributed by atoms with Gasteiger partial charge in [-0.25, -0.2) is 9.78 Å². The van der Waals surface area contributed by atoms with E-state index in [0.29, 0.717) is 35.7 Å². The molecule has 0 spiro atoms. The van der Waals surface area contributed by atoms with E-state index < -0.39 is 0 Å². The maximum absolute atomic E-state index is 12.6. The third-order valence-corrected chi connectivity index (χ3v) is 5.34. The van der Waals surface area contributed by atoms with Crippen molar-refractivity contribution in [3.05, 3.63) is 53.4 Å². The molecule has 0 unspecified atom stereocenters. The molecule has 0 bridgehead atoms. The van der Waals surface area contributed by atoms with Gasteiger partial charge in [0.1, 0.15) is 6.54 Å². The molecule has 29 heavy (non-hydrogen) atoms. The predicted molar refractivity (Wildman–Crippen MR) is 108 cm³/mol. The van der Waals surface area contributed by atoms with Crippen LogP contribution >= 0.6 is 0 Å². The molecule has 0 atom stereocenters. The number of aliphatic hydroxyl groups is 1. The monoisotopic (exact) mass is 396 g/mol. The minimum atomic E-state index is -0.341. The van der Waals surface area contributed by atoms with E-state index in [1.807, 2.05) is 22.9 Å². The van der Waals surface area contributed by atoms with E-state index in [2.05, 4.69) is 0 Å². The van der Waals surface area contributed by atoms with Crippen molar-refractivity contribution in [2.75, 3.05) is 18.5 Å². The summed E-state index contributed by atoms with van der Waals surface area (Å²) in [4.78, 5) is 31.9. The summed E-state index contributed by atoms with van der Waals surface area (Å²) in [5.41, 5.74) is 14.8. The molecule has 5 N–H and O–H groups in total. The maximum Gasteiger partial charge on any atom is 0.331 e. The van der Waals surface area contributed by atoms with Crippen LogP contribution in [0.2, 0.25) is 0 Å². The van der Waals surface area contributed by atoms with Crippen molar-refractivity contribution >= 4 is 23.3 Å². The van der Waals surface area contributed by atoms with Crippen molar-refractivity contribution in [1.82, 2.24) is 14.3 Å². The molecule has 1 aliphatic carbocycles. The van der Waals surface area contributed by atoms with Gasteiger partial charge >= 0.3 is 6.03 Å². The minimum absolute atomic E-state index is 0.0158. The molecule has 4 rings (SSSR count). The lowest BCUT2D eigenvalue weighted by molar-refractivity contribution is -0.123. The topological polar surface area (TPSA) is 130 Å². The SMILES string of the molecule is CN1C(=O)CN(c2cc(C3CC3)cn3cc(CCC(=C/N)/C=C(\N)O)nc23)C1=O. The molecule has 2 aromatic heterocycles. The lowest BCUT2D eigenvalue weighted by Crippen LogP contribution is -2.30. The molecule has 9 nitrogen and oxygen atoms in total. The molecule has 152 valence electrons. The van der Waals surface area contributed by atoms with E-state index >= 15 is 0 Å². The molecule has 2 aromatic rings. The number of aryl methyl sites for hydroxylation is 1. The maximum atomic E-state index is 12.6. The van der Waals surface area contributed by atoms with Gasteiger partial charge in [0.25, 0.3) is 0 Å². The molecule has 3 heterocycles. The Hall–Kier alpha value is -3.49. The highest BCUT2D eigenvalue weighted by Gasteiger charge is 2.36. The number of carbonyl (C=O) groups excluding carboxylic acids is 2. The van der Waals surface area contributed by atoms with Gasteiger partial charge in [-0.3, -0.25) is 14.6 Å². The number of fused-ring (bicyclic) bond motifs is 1. The number of urea groups is 1. The fourth-order valence-electron chi connectivity index (χ4n) is 3.56. The molecule has 0 aromatic carbocycles. The van der Waals surface area contributed by atoms with Crippen molar-refractivity contribution in [3.63, 3.8) is 0 Å². The molecule has 1 saturated carbocycles. The van der Waals surface area contributed by atoms with Crippen LogP contribution in [0.3, 0.4) is 0 Å². The third kappa shape index (κ3) is 3.63. The largest absolute Gasteiger partial charge is 0.495 e. The summed E-state index contributed by atoms with van der Waals surface area (Å²) in [6.45, 7) is 0.0158. The van der Waals surface area contributed by atoms with Crippen molar-refractivity contribution in [1.29, 1.82) is 0 Å². The van der Waals surface area contributed by atoms with Crippen LogP contribution < -0.4 is 16.4 Å². The normalized spacial score (nSPS) is 18.4. The zero-order chi connectivity index (χ0) is 20.7. The van der Waals surface area contributed by atoms with Gasteiger partial charge in [-0.05, 0) is 55.0 Å². The molecule has 1 aliphatic heterocycles.